The molecule has 0 unspecified atom stereocenters. The Labute approximate surface area is 434 Å². The molecule has 16 rings (SSSR count). The molecule has 11 aromatic rings. The Morgan fingerprint density at radius 3 is 1.40 bits per heavy atom. The molecule has 1 heterocycles. The lowest BCUT2D eigenvalue weighted by molar-refractivity contribution is -0.0399. The highest BCUT2D eigenvalue weighted by Gasteiger charge is 2.61. The Bertz CT molecular complexity index is 3720. The maximum Gasteiger partial charge on any atom is 0.179 e. The van der Waals surface area contributed by atoms with Crippen molar-refractivity contribution in [3.63, 3.8) is 0 Å². The summed E-state index contributed by atoms with van der Waals surface area (Å²) in [5, 5.41) is 8.09. The molecule has 10 aromatic carbocycles. The van der Waals surface area contributed by atoms with Gasteiger partial charge in [0.1, 0.15) is 0 Å². The molecule has 0 radical (unpaired) electrons. The van der Waals surface area contributed by atoms with Gasteiger partial charge < -0.3 is 4.90 Å². The summed E-state index contributed by atoms with van der Waals surface area (Å²) in [5.41, 5.74) is 14.8. The minimum atomic E-state index is -2.71. The predicted molar refractivity (Wildman–Crippen MR) is 312 cm³/mol. The number of nitrogens with zero attached hydrogens (tertiary/aromatic N) is 1. The molecular formula is C70H55NSSi. The molecule has 350 valence electrons. The summed E-state index contributed by atoms with van der Waals surface area (Å²) in [6.45, 7) is 0. The van der Waals surface area contributed by atoms with Crippen LogP contribution in [0.25, 0.3) is 53.6 Å². The average molecular weight is 970 g/mol. The number of thiophene rings is 1. The first-order chi connectivity index (χ1) is 36.1. The molecule has 4 saturated carbocycles. The van der Waals surface area contributed by atoms with E-state index in [9.17, 15) is 0 Å². The van der Waals surface area contributed by atoms with Gasteiger partial charge in [-0.05, 0) is 182 Å². The molecule has 0 N–H and O–H groups in total. The Hall–Kier alpha value is -7.56. The molecule has 0 saturated heterocycles. The van der Waals surface area contributed by atoms with Crippen molar-refractivity contribution in [2.24, 2.45) is 23.7 Å². The molecule has 4 fully saturated rings. The average Bonchev–Trinajstić information content (AvgIpc) is 3.97. The van der Waals surface area contributed by atoms with Gasteiger partial charge in [0.05, 0.1) is 0 Å². The maximum atomic E-state index is 2.57. The van der Waals surface area contributed by atoms with Gasteiger partial charge in [-0.1, -0.05) is 188 Å². The highest BCUT2D eigenvalue weighted by Crippen LogP contribution is 2.69. The van der Waals surface area contributed by atoms with Gasteiger partial charge in [-0.3, -0.25) is 0 Å². The van der Waals surface area contributed by atoms with Crippen molar-refractivity contribution >= 4 is 77.4 Å². The number of anilines is 3. The van der Waals surface area contributed by atoms with Gasteiger partial charge in [-0.2, -0.15) is 0 Å². The van der Waals surface area contributed by atoms with Crippen LogP contribution in [-0.2, 0) is 5.41 Å². The van der Waals surface area contributed by atoms with E-state index < -0.39 is 8.07 Å². The van der Waals surface area contributed by atoms with Gasteiger partial charge >= 0.3 is 0 Å². The molecule has 5 aliphatic rings. The summed E-state index contributed by atoms with van der Waals surface area (Å²) >= 11 is 1.90. The molecule has 1 nitrogen and oxygen atoms in total. The molecule has 0 aliphatic heterocycles. The van der Waals surface area contributed by atoms with Crippen LogP contribution in [0.15, 0.2) is 249 Å². The van der Waals surface area contributed by atoms with Gasteiger partial charge in [0.2, 0.25) is 0 Å². The van der Waals surface area contributed by atoms with Crippen molar-refractivity contribution in [3.05, 3.63) is 260 Å². The number of hydrogen-bond acceptors (Lipinski definition) is 2. The van der Waals surface area contributed by atoms with Gasteiger partial charge in [-0.15, -0.1) is 11.3 Å². The molecule has 4 bridgehead atoms. The highest BCUT2D eigenvalue weighted by atomic mass is 32.1. The van der Waals surface area contributed by atoms with Crippen LogP contribution in [-0.4, -0.2) is 8.07 Å². The summed E-state index contributed by atoms with van der Waals surface area (Å²) in [7, 11) is -2.71. The first kappa shape index (κ1) is 43.1. The minimum Gasteiger partial charge on any atom is -0.310 e. The lowest BCUT2D eigenvalue weighted by Gasteiger charge is -2.61. The maximum absolute atomic E-state index is 2.71. The van der Waals surface area contributed by atoms with Crippen molar-refractivity contribution < 1.29 is 0 Å². The molecular weight excluding hydrogens is 915 g/mol. The molecule has 1 spiro atoms. The summed E-state index contributed by atoms with van der Waals surface area (Å²) < 4.78 is 2.63. The zero-order valence-corrected chi connectivity index (χ0v) is 42.7. The topological polar surface area (TPSA) is 3.24 Å². The molecule has 0 amide bonds. The summed E-state index contributed by atoms with van der Waals surface area (Å²) in [6.07, 6.45) is 7.12. The molecule has 1 aromatic heterocycles. The van der Waals surface area contributed by atoms with E-state index in [-0.39, 0.29) is 5.41 Å². The van der Waals surface area contributed by atoms with E-state index in [0.717, 1.165) is 40.7 Å². The summed E-state index contributed by atoms with van der Waals surface area (Å²) in [5.74, 6) is 3.42. The Balaban J connectivity index is 0.854. The number of benzene rings is 10. The number of hydrogen-bond donors (Lipinski definition) is 0. The van der Waals surface area contributed by atoms with E-state index in [1.54, 1.807) is 11.1 Å². The van der Waals surface area contributed by atoms with Gasteiger partial charge in [0, 0.05) is 42.6 Å². The fraction of sp³-hybridized carbons (Fsp3) is 0.143. The summed E-state index contributed by atoms with van der Waals surface area (Å²) in [6, 6.07) is 94.5. The lowest BCUT2D eigenvalue weighted by Crippen LogP contribution is -2.74. The normalized spacial score (nSPS) is 20.4. The zero-order valence-electron chi connectivity index (χ0n) is 40.9. The quantitative estimate of drug-likeness (QED) is 0.103. The Kier molecular flexibility index (Phi) is 10.0. The van der Waals surface area contributed by atoms with Gasteiger partial charge in [0.15, 0.2) is 8.07 Å². The third-order valence-electron chi connectivity index (χ3n) is 18.0. The number of rotatable bonds is 9. The lowest BCUT2D eigenvalue weighted by atomic mass is 9.43. The zero-order chi connectivity index (χ0) is 48.1. The van der Waals surface area contributed by atoms with Crippen molar-refractivity contribution in [3.8, 4) is 33.4 Å². The van der Waals surface area contributed by atoms with Crippen LogP contribution in [0.5, 0.6) is 0 Å². The van der Waals surface area contributed by atoms with Gasteiger partial charge in [-0.25, -0.2) is 0 Å². The van der Waals surface area contributed by atoms with Crippen LogP contribution in [0.4, 0.5) is 17.1 Å². The van der Waals surface area contributed by atoms with Crippen LogP contribution in [0.3, 0.4) is 0 Å². The van der Waals surface area contributed by atoms with Crippen molar-refractivity contribution in [1.82, 2.24) is 0 Å². The first-order valence-electron chi connectivity index (χ1n) is 26.6. The molecule has 3 heteroatoms. The van der Waals surface area contributed by atoms with Crippen LogP contribution < -0.4 is 25.6 Å². The van der Waals surface area contributed by atoms with E-state index in [0.29, 0.717) is 0 Å². The Morgan fingerprint density at radius 2 is 0.781 bits per heavy atom. The van der Waals surface area contributed by atoms with E-state index in [1.165, 1.54) is 106 Å². The highest BCUT2D eigenvalue weighted by molar-refractivity contribution is 7.25. The summed E-state index contributed by atoms with van der Waals surface area (Å²) in [4.78, 5) is 2.46. The van der Waals surface area contributed by atoms with E-state index >= 15 is 0 Å². The smallest absolute Gasteiger partial charge is 0.179 e. The second-order valence-electron chi connectivity index (χ2n) is 21.6. The van der Waals surface area contributed by atoms with Gasteiger partial charge in [0.25, 0.3) is 0 Å². The molecule has 73 heavy (non-hydrogen) atoms. The monoisotopic (exact) mass is 969 g/mol. The van der Waals surface area contributed by atoms with E-state index in [4.69, 9.17) is 0 Å². The van der Waals surface area contributed by atoms with Crippen LogP contribution in [0.2, 0.25) is 0 Å². The second kappa shape index (κ2) is 17.0. The van der Waals surface area contributed by atoms with Crippen LogP contribution in [0.1, 0.15) is 43.2 Å². The first-order valence-corrected chi connectivity index (χ1v) is 29.4. The van der Waals surface area contributed by atoms with Crippen molar-refractivity contribution in [2.45, 2.75) is 37.5 Å². The van der Waals surface area contributed by atoms with Crippen LogP contribution >= 0.6 is 11.3 Å². The van der Waals surface area contributed by atoms with E-state index in [1.807, 2.05) is 11.3 Å². The third kappa shape index (κ3) is 6.64. The van der Waals surface area contributed by atoms with E-state index in [2.05, 4.69) is 254 Å². The second-order valence-corrected chi connectivity index (χ2v) is 26.5. The predicted octanol–water partition coefficient (Wildman–Crippen LogP) is 16.0. The SMILES string of the molecule is c1ccc(-c2ccc(N(c3ccc([Si](c4ccccc4)(c4ccccc4)c4ccccc4)cc3)c3ccc4sc5ccc(-c6ccc7c(c6)-c6ccccc6C76C7CC8CC(C7)CC6C8)cc5c4c3)cc2)cc1. The van der Waals surface area contributed by atoms with Crippen LogP contribution in [0, 0.1) is 23.7 Å². The number of fused-ring (bicyclic) bond motifs is 6. The minimum absolute atomic E-state index is 0.187. The Morgan fingerprint density at radius 1 is 0.342 bits per heavy atom. The fourth-order valence-corrected chi connectivity index (χ4v) is 21.0. The van der Waals surface area contributed by atoms with Crippen molar-refractivity contribution in [2.75, 3.05) is 4.90 Å². The fourth-order valence-electron chi connectivity index (χ4n) is 15.2. The third-order valence-corrected chi connectivity index (χ3v) is 24.0. The van der Waals surface area contributed by atoms with Crippen molar-refractivity contribution in [1.29, 1.82) is 0 Å². The molecule has 5 aliphatic carbocycles. The molecule has 0 atom stereocenters. The standard InChI is InChI=1S/C70H55NSSi/c1-5-15-49(16-6-1)50-25-29-55(30-26-50)71(56-31-34-61(35-32-56)73(58-17-7-2-8-18-58,59-19-9-3-10-20-59)60-21-11-4-12-22-60)57-33-38-69-65(46-57)64-45-52(28-37-68(64)72-69)51-27-36-67-63(44-51)62-23-13-14-24-66(62)70(67)53-40-47-39-48(42-53)43-54(70)41-47/h1-38,44-48,53-54H,39-43H2. The largest absolute Gasteiger partial charge is 0.310 e.